The van der Waals surface area contributed by atoms with Crippen molar-refractivity contribution in [3.63, 3.8) is 0 Å². The van der Waals surface area contributed by atoms with E-state index in [-0.39, 0.29) is 18.8 Å². The van der Waals surface area contributed by atoms with Crippen molar-refractivity contribution in [2.75, 3.05) is 26.1 Å². The number of nitrogens with two attached hydrogens (primary N) is 1. The SMILES string of the molecule is CCC(CO)(CO)NC(=O)c1cc(OC)ccc1N. The zero-order valence-corrected chi connectivity index (χ0v) is 11.1. The molecule has 0 unspecified atom stereocenters. The predicted molar refractivity (Wildman–Crippen MR) is 72.1 cm³/mol. The first kappa shape index (κ1) is 15.3. The van der Waals surface area contributed by atoms with Crippen molar-refractivity contribution in [3.8, 4) is 5.75 Å². The number of methoxy groups -OCH3 is 1. The lowest BCUT2D eigenvalue weighted by Gasteiger charge is -2.29. The molecule has 1 rings (SSSR count). The third-order valence-electron chi connectivity index (χ3n) is 3.17. The van der Waals surface area contributed by atoms with E-state index in [2.05, 4.69) is 5.32 Å². The maximum Gasteiger partial charge on any atom is 0.254 e. The Morgan fingerprint density at radius 3 is 2.53 bits per heavy atom. The van der Waals surface area contributed by atoms with Gasteiger partial charge in [0.2, 0.25) is 0 Å². The highest BCUT2D eigenvalue weighted by molar-refractivity contribution is 6.00. The minimum absolute atomic E-state index is 0.249. The summed E-state index contributed by atoms with van der Waals surface area (Å²) in [5.74, 6) is 0.0517. The molecule has 0 saturated carbocycles. The van der Waals surface area contributed by atoms with E-state index in [4.69, 9.17) is 10.5 Å². The number of nitrogen functional groups attached to an aromatic ring is 1. The van der Waals surface area contributed by atoms with E-state index in [1.165, 1.54) is 13.2 Å². The molecule has 5 N–H and O–H groups in total. The number of benzene rings is 1. The second-order valence-electron chi connectivity index (χ2n) is 4.36. The van der Waals surface area contributed by atoms with Crippen molar-refractivity contribution in [3.05, 3.63) is 23.8 Å². The molecule has 0 aliphatic rings. The number of nitrogens with one attached hydrogen (secondary N) is 1. The second kappa shape index (κ2) is 6.40. The molecule has 1 aromatic carbocycles. The van der Waals surface area contributed by atoms with Gasteiger partial charge in [0.15, 0.2) is 0 Å². The van der Waals surface area contributed by atoms with Crippen LogP contribution in [-0.2, 0) is 0 Å². The van der Waals surface area contributed by atoms with Crippen molar-refractivity contribution < 1.29 is 19.7 Å². The van der Waals surface area contributed by atoms with E-state index in [0.29, 0.717) is 17.9 Å². The molecule has 6 heteroatoms. The molecule has 6 nitrogen and oxygen atoms in total. The normalized spacial score (nSPS) is 11.2. The number of aliphatic hydroxyl groups is 2. The molecule has 1 aromatic rings. The van der Waals surface area contributed by atoms with Gasteiger partial charge in [0.25, 0.3) is 5.91 Å². The summed E-state index contributed by atoms with van der Waals surface area (Å²) in [5.41, 5.74) is 5.25. The van der Waals surface area contributed by atoms with Crippen LogP contribution in [0.25, 0.3) is 0 Å². The third kappa shape index (κ3) is 3.36. The summed E-state index contributed by atoms with van der Waals surface area (Å²) in [6, 6.07) is 4.73. The van der Waals surface area contributed by atoms with Crippen molar-refractivity contribution >= 4 is 11.6 Å². The lowest BCUT2D eigenvalue weighted by atomic mass is 9.97. The van der Waals surface area contributed by atoms with E-state index in [9.17, 15) is 15.0 Å². The Balaban J connectivity index is 3.00. The molecular formula is C13H20N2O4. The predicted octanol–water partition coefficient (Wildman–Crippen LogP) is 0.141. The molecule has 0 radical (unpaired) electrons. The van der Waals surface area contributed by atoms with Gasteiger partial charge in [-0.15, -0.1) is 0 Å². The Hall–Kier alpha value is -1.79. The van der Waals surface area contributed by atoms with Crippen LogP contribution in [0.4, 0.5) is 5.69 Å². The van der Waals surface area contributed by atoms with Gasteiger partial charge >= 0.3 is 0 Å². The van der Waals surface area contributed by atoms with E-state index >= 15 is 0 Å². The minimum Gasteiger partial charge on any atom is -0.497 e. The van der Waals surface area contributed by atoms with E-state index in [1.807, 2.05) is 0 Å². The average Bonchev–Trinajstić information content (AvgIpc) is 2.45. The maximum absolute atomic E-state index is 12.2. The molecule has 0 fully saturated rings. The van der Waals surface area contributed by atoms with Gasteiger partial charge in [-0.25, -0.2) is 0 Å². The van der Waals surface area contributed by atoms with Crippen LogP contribution in [0.5, 0.6) is 5.75 Å². The van der Waals surface area contributed by atoms with Gasteiger partial charge in [-0.1, -0.05) is 6.92 Å². The second-order valence-corrected chi connectivity index (χ2v) is 4.36. The first-order valence-electron chi connectivity index (χ1n) is 5.99. The molecular weight excluding hydrogens is 248 g/mol. The van der Waals surface area contributed by atoms with Gasteiger partial charge in [0.1, 0.15) is 5.75 Å². The Bertz CT molecular complexity index is 436. The number of ether oxygens (including phenoxy) is 1. The first-order chi connectivity index (χ1) is 9.01. The zero-order valence-electron chi connectivity index (χ0n) is 11.1. The van der Waals surface area contributed by atoms with Crippen molar-refractivity contribution in [1.82, 2.24) is 5.32 Å². The molecule has 106 valence electrons. The maximum atomic E-state index is 12.2. The number of rotatable bonds is 6. The molecule has 0 atom stereocenters. The van der Waals surface area contributed by atoms with Crippen molar-refractivity contribution in [2.24, 2.45) is 0 Å². The highest BCUT2D eigenvalue weighted by Crippen LogP contribution is 2.20. The summed E-state index contributed by atoms with van der Waals surface area (Å²) in [6.07, 6.45) is 0.398. The molecule has 0 saturated heterocycles. The van der Waals surface area contributed by atoms with Gasteiger partial charge in [-0.05, 0) is 24.6 Å². The van der Waals surface area contributed by atoms with Crippen molar-refractivity contribution in [2.45, 2.75) is 18.9 Å². The van der Waals surface area contributed by atoms with Crippen LogP contribution in [0, 0.1) is 0 Å². The number of hydrogen-bond acceptors (Lipinski definition) is 5. The Kier molecular flexibility index (Phi) is 5.14. The van der Waals surface area contributed by atoms with Crippen LogP contribution in [-0.4, -0.2) is 42.0 Å². The van der Waals surface area contributed by atoms with Gasteiger partial charge < -0.3 is 26.0 Å². The fourth-order valence-corrected chi connectivity index (χ4v) is 1.61. The Morgan fingerprint density at radius 2 is 2.05 bits per heavy atom. The highest BCUT2D eigenvalue weighted by Gasteiger charge is 2.29. The summed E-state index contributed by atoms with van der Waals surface area (Å²) < 4.78 is 5.03. The zero-order chi connectivity index (χ0) is 14.5. The molecule has 0 aromatic heterocycles. The minimum atomic E-state index is -1.05. The van der Waals surface area contributed by atoms with Crippen LogP contribution in [0.15, 0.2) is 18.2 Å². The van der Waals surface area contributed by atoms with E-state index < -0.39 is 11.4 Å². The Morgan fingerprint density at radius 1 is 1.42 bits per heavy atom. The fourth-order valence-electron chi connectivity index (χ4n) is 1.61. The summed E-state index contributed by atoms with van der Waals surface area (Å²) in [4.78, 5) is 12.2. The summed E-state index contributed by atoms with van der Waals surface area (Å²) in [7, 11) is 1.49. The monoisotopic (exact) mass is 268 g/mol. The molecule has 19 heavy (non-hydrogen) atoms. The smallest absolute Gasteiger partial charge is 0.254 e. The quantitative estimate of drug-likeness (QED) is 0.549. The molecule has 0 heterocycles. The molecule has 0 aliphatic carbocycles. The molecule has 0 spiro atoms. The van der Waals surface area contributed by atoms with E-state index in [1.54, 1.807) is 19.1 Å². The topological polar surface area (TPSA) is 105 Å². The largest absolute Gasteiger partial charge is 0.497 e. The van der Waals surface area contributed by atoms with Crippen molar-refractivity contribution in [1.29, 1.82) is 0 Å². The average molecular weight is 268 g/mol. The van der Waals surface area contributed by atoms with Gasteiger partial charge in [-0.2, -0.15) is 0 Å². The first-order valence-corrected chi connectivity index (χ1v) is 5.99. The van der Waals surface area contributed by atoms with Crippen LogP contribution in [0.3, 0.4) is 0 Å². The third-order valence-corrected chi connectivity index (χ3v) is 3.17. The van der Waals surface area contributed by atoms with Gasteiger partial charge in [-0.3, -0.25) is 4.79 Å². The van der Waals surface area contributed by atoms with Gasteiger partial charge in [0, 0.05) is 5.69 Å². The molecule has 0 bridgehead atoms. The van der Waals surface area contributed by atoms with Crippen LogP contribution < -0.4 is 15.8 Å². The number of carbonyl (C=O) groups excluding carboxylic acids is 1. The summed E-state index contributed by atoms with van der Waals surface area (Å²) >= 11 is 0. The lowest BCUT2D eigenvalue weighted by Crippen LogP contribution is -2.53. The number of carbonyl (C=O) groups is 1. The lowest BCUT2D eigenvalue weighted by molar-refractivity contribution is 0.0653. The molecule has 0 aliphatic heterocycles. The van der Waals surface area contributed by atoms with Crippen LogP contribution in [0.2, 0.25) is 0 Å². The number of aliphatic hydroxyl groups excluding tert-OH is 2. The van der Waals surface area contributed by atoms with Gasteiger partial charge in [0.05, 0.1) is 31.4 Å². The number of anilines is 1. The van der Waals surface area contributed by atoms with E-state index in [0.717, 1.165) is 0 Å². The van der Waals surface area contributed by atoms with Crippen LogP contribution in [0.1, 0.15) is 23.7 Å². The number of hydrogen-bond donors (Lipinski definition) is 4. The standard InChI is InChI=1S/C13H20N2O4/c1-3-13(7-16,8-17)15-12(18)10-6-9(19-2)4-5-11(10)14/h4-6,16-17H,3,7-8,14H2,1-2H3,(H,15,18). The highest BCUT2D eigenvalue weighted by atomic mass is 16.5. The molecule has 1 amide bonds. The summed E-state index contributed by atoms with van der Waals surface area (Å²) in [5, 5.41) is 21.2. The fraction of sp³-hybridized carbons (Fsp3) is 0.462. The van der Waals surface area contributed by atoms with Crippen LogP contribution >= 0.6 is 0 Å². The Labute approximate surface area is 112 Å². The number of amides is 1. The summed E-state index contributed by atoms with van der Waals surface area (Å²) in [6.45, 7) is 1.06.